The average molecular weight is 679 g/mol. The molecule has 0 saturated heterocycles. The molecule has 0 aliphatic heterocycles. The molecular formula is C31H21BrF6N2O4. The molecule has 6 nitrogen and oxygen atoms in total. The van der Waals surface area contributed by atoms with E-state index >= 15 is 0 Å². The third kappa shape index (κ3) is 8.04. The molecule has 0 radical (unpaired) electrons. The van der Waals surface area contributed by atoms with Crippen LogP contribution in [0.3, 0.4) is 0 Å². The summed E-state index contributed by atoms with van der Waals surface area (Å²) in [5.74, 6) is -3.68. The van der Waals surface area contributed by atoms with Gasteiger partial charge in [0, 0.05) is 16.5 Å². The van der Waals surface area contributed by atoms with Crippen LogP contribution < -0.4 is 10.6 Å². The van der Waals surface area contributed by atoms with E-state index in [0.717, 1.165) is 11.1 Å². The first-order valence-electron chi connectivity index (χ1n) is 12.7. The van der Waals surface area contributed by atoms with Gasteiger partial charge in [-0.3, -0.25) is 9.59 Å². The van der Waals surface area contributed by atoms with E-state index in [1.165, 1.54) is 18.2 Å². The quantitative estimate of drug-likeness (QED) is 0.166. The molecule has 0 spiro atoms. The van der Waals surface area contributed by atoms with E-state index in [2.05, 4.69) is 26.6 Å². The average Bonchev–Trinajstić information content (AvgIpc) is 2.97. The van der Waals surface area contributed by atoms with E-state index in [1.807, 2.05) is 30.3 Å². The zero-order valence-corrected chi connectivity index (χ0v) is 23.8. The number of benzene rings is 4. The maximum Gasteiger partial charge on any atom is 0.416 e. The monoisotopic (exact) mass is 678 g/mol. The first-order chi connectivity index (χ1) is 20.6. The molecule has 0 aliphatic rings. The molecule has 0 aromatic heterocycles. The molecule has 44 heavy (non-hydrogen) atoms. The highest BCUT2D eigenvalue weighted by Gasteiger charge is 2.37. The van der Waals surface area contributed by atoms with E-state index in [4.69, 9.17) is 0 Å². The van der Waals surface area contributed by atoms with Crippen molar-refractivity contribution in [3.63, 3.8) is 0 Å². The Hall–Kier alpha value is -4.65. The number of nitrogens with one attached hydrogen (secondary N) is 2. The van der Waals surface area contributed by atoms with Gasteiger partial charge < -0.3 is 15.7 Å². The maximum atomic E-state index is 13.3. The predicted molar refractivity (Wildman–Crippen MR) is 153 cm³/mol. The maximum absolute atomic E-state index is 13.3. The summed E-state index contributed by atoms with van der Waals surface area (Å²) in [5, 5.41) is 14.3. The van der Waals surface area contributed by atoms with Crippen LogP contribution in [0.25, 0.3) is 11.1 Å². The number of hydrogen-bond acceptors (Lipinski definition) is 3. The van der Waals surface area contributed by atoms with Crippen molar-refractivity contribution in [2.45, 2.75) is 24.8 Å². The minimum atomic E-state index is -5.17. The fourth-order valence-electron chi connectivity index (χ4n) is 4.23. The lowest BCUT2D eigenvalue weighted by Gasteiger charge is -2.18. The van der Waals surface area contributed by atoms with Gasteiger partial charge in [0.2, 0.25) is 0 Å². The summed E-state index contributed by atoms with van der Waals surface area (Å²) in [7, 11) is 0. The number of carbonyl (C=O) groups excluding carboxylic acids is 2. The van der Waals surface area contributed by atoms with Crippen LogP contribution in [0.15, 0.2) is 95.5 Å². The van der Waals surface area contributed by atoms with Gasteiger partial charge in [-0.2, -0.15) is 26.3 Å². The zero-order chi connectivity index (χ0) is 32.2. The lowest BCUT2D eigenvalue weighted by Crippen LogP contribution is -2.42. The van der Waals surface area contributed by atoms with Crippen LogP contribution in [0.1, 0.15) is 37.4 Å². The van der Waals surface area contributed by atoms with Gasteiger partial charge in [-0.25, -0.2) is 4.79 Å². The van der Waals surface area contributed by atoms with Crippen LogP contribution in [0.5, 0.6) is 0 Å². The van der Waals surface area contributed by atoms with Gasteiger partial charge in [-0.1, -0.05) is 70.5 Å². The molecule has 1 atom stereocenters. The Balaban J connectivity index is 1.56. The minimum Gasteiger partial charge on any atom is -0.480 e. The summed E-state index contributed by atoms with van der Waals surface area (Å²) in [5.41, 5.74) is -2.47. The standard InChI is InChI=1S/C31H21BrF6N2O4/c32-23-10-11-25(39-27(41)20-13-21(30(33,34)35)15-22(14-20)31(36,37)38)24(16-23)28(42)40-26(29(43)44)12-17-6-8-19(9-7-17)18-4-2-1-3-5-18/h1-11,13-16,26H,12H2,(H,39,41)(H,40,42)(H,43,44)/t26-/m0/s1. The van der Waals surface area contributed by atoms with Crippen molar-refractivity contribution in [1.29, 1.82) is 0 Å². The topological polar surface area (TPSA) is 95.5 Å². The van der Waals surface area contributed by atoms with Crippen LogP contribution in [-0.4, -0.2) is 28.9 Å². The molecule has 13 heteroatoms. The number of hydrogen-bond donors (Lipinski definition) is 3. The second-order valence-electron chi connectivity index (χ2n) is 9.57. The molecule has 4 aromatic carbocycles. The van der Waals surface area contributed by atoms with Gasteiger partial charge >= 0.3 is 18.3 Å². The van der Waals surface area contributed by atoms with Crippen molar-refractivity contribution in [3.05, 3.63) is 123 Å². The molecule has 228 valence electrons. The fraction of sp³-hybridized carbons (Fsp3) is 0.129. The summed E-state index contributed by atoms with van der Waals surface area (Å²) in [6.45, 7) is 0. The summed E-state index contributed by atoms with van der Waals surface area (Å²) in [6, 6.07) is 19.2. The van der Waals surface area contributed by atoms with E-state index in [0.29, 0.717) is 10.0 Å². The Morgan fingerprint density at radius 1 is 0.727 bits per heavy atom. The van der Waals surface area contributed by atoms with Gasteiger partial charge in [0.25, 0.3) is 11.8 Å². The fourth-order valence-corrected chi connectivity index (χ4v) is 4.59. The molecule has 0 heterocycles. The molecule has 4 rings (SSSR count). The Morgan fingerprint density at radius 2 is 1.30 bits per heavy atom. The Morgan fingerprint density at radius 3 is 1.84 bits per heavy atom. The van der Waals surface area contributed by atoms with E-state index in [-0.39, 0.29) is 35.9 Å². The number of alkyl halides is 6. The molecule has 0 aliphatic carbocycles. The highest BCUT2D eigenvalue weighted by molar-refractivity contribution is 9.10. The second-order valence-corrected chi connectivity index (χ2v) is 10.5. The van der Waals surface area contributed by atoms with Crippen LogP contribution >= 0.6 is 15.9 Å². The summed E-state index contributed by atoms with van der Waals surface area (Å²) in [6.07, 6.45) is -10.5. The largest absolute Gasteiger partial charge is 0.480 e. The molecule has 0 fully saturated rings. The number of amides is 2. The van der Waals surface area contributed by atoms with Gasteiger partial charge in [-0.15, -0.1) is 0 Å². The summed E-state index contributed by atoms with van der Waals surface area (Å²) < 4.78 is 80.0. The number of aliphatic carboxylic acids is 1. The van der Waals surface area contributed by atoms with Crippen molar-refractivity contribution in [3.8, 4) is 11.1 Å². The Kier molecular flexibility index (Phi) is 9.47. The number of anilines is 1. The van der Waals surface area contributed by atoms with Crippen LogP contribution in [-0.2, 0) is 23.6 Å². The van der Waals surface area contributed by atoms with Crippen molar-refractivity contribution in [1.82, 2.24) is 5.32 Å². The molecule has 2 amide bonds. The normalized spacial score (nSPS) is 12.3. The number of carboxylic acid groups (broad SMARTS) is 1. The summed E-state index contributed by atoms with van der Waals surface area (Å²) >= 11 is 3.15. The molecule has 0 unspecified atom stereocenters. The van der Waals surface area contributed by atoms with Gasteiger partial charge in [-0.05, 0) is 53.1 Å². The van der Waals surface area contributed by atoms with Crippen molar-refractivity contribution >= 4 is 39.4 Å². The highest BCUT2D eigenvalue weighted by Crippen LogP contribution is 2.36. The lowest BCUT2D eigenvalue weighted by molar-refractivity contribution is -0.143. The number of carbonyl (C=O) groups is 3. The van der Waals surface area contributed by atoms with E-state index in [9.17, 15) is 45.8 Å². The molecule has 3 N–H and O–H groups in total. The predicted octanol–water partition coefficient (Wildman–Crippen LogP) is 7.83. The zero-order valence-electron chi connectivity index (χ0n) is 22.3. The number of carboxylic acids is 1. The molecule has 0 saturated carbocycles. The van der Waals surface area contributed by atoms with E-state index < -0.39 is 52.9 Å². The first kappa shape index (κ1) is 32.3. The molecule has 0 bridgehead atoms. The third-order valence-corrected chi connectivity index (χ3v) is 6.92. The first-order valence-corrected chi connectivity index (χ1v) is 13.5. The SMILES string of the molecule is O=C(Nc1ccc(Br)cc1C(=O)N[C@@H](Cc1ccc(-c2ccccc2)cc1)C(=O)O)c1cc(C(F)(F)F)cc(C(F)(F)F)c1. The minimum absolute atomic E-state index is 0.115. The van der Waals surface area contributed by atoms with Crippen molar-refractivity contribution in [2.24, 2.45) is 0 Å². The number of rotatable bonds is 8. The van der Waals surface area contributed by atoms with Crippen LogP contribution in [0, 0.1) is 0 Å². The lowest BCUT2D eigenvalue weighted by atomic mass is 10.0. The smallest absolute Gasteiger partial charge is 0.416 e. The number of halogens is 7. The van der Waals surface area contributed by atoms with Gasteiger partial charge in [0.05, 0.1) is 22.4 Å². The second kappa shape index (κ2) is 12.9. The van der Waals surface area contributed by atoms with Gasteiger partial charge in [0.15, 0.2) is 0 Å². The van der Waals surface area contributed by atoms with Gasteiger partial charge in [0.1, 0.15) is 6.04 Å². The highest BCUT2D eigenvalue weighted by atomic mass is 79.9. The van der Waals surface area contributed by atoms with Crippen LogP contribution in [0.4, 0.5) is 32.0 Å². The van der Waals surface area contributed by atoms with Crippen LogP contribution in [0.2, 0.25) is 0 Å². The molecular weight excluding hydrogens is 658 g/mol. The Labute approximate surface area is 254 Å². The van der Waals surface area contributed by atoms with E-state index in [1.54, 1.807) is 24.3 Å². The van der Waals surface area contributed by atoms with Crippen molar-refractivity contribution in [2.75, 3.05) is 5.32 Å². The third-order valence-electron chi connectivity index (χ3n) is 6.43. The van der Waals surface area contributed by atoms with Crippen molar-refractivity contribution < 1.29 is 45.8 Å². The summed E-state index contributed by atoms with van der Waals surface area (Å²) in [4.78, 5) is 38.1. The molecule has 4 aromatic rings. The Bertz CT molecular complexity index is 1660.